The van der Waals surface area contributed by atoms with Gasteiger partial charge in [-0.15, -0.1) is 34.9 Å². The normalized spacial score (nSPS) is 12.3. The average molecular weight is 920 g/mol. The van der Waals surface area contributed by atoms with E-state index in [4.69, 9.17) is 15.0 Å². The molecular weight excluding hydrogens is 865 g/mol. The number of benzene rings is 3. The molecule has 0 unspecified atom stereocenters. The first kappa shape index (κ1) is 42.9. The van der Waals surface area contributed by atoms with Crippen LogP contribution in [-0.4, -0.2) is 30.8 Å². The second-order valence-electron chi connectivity index (χ2n) is 16.2. The molecule has 0 fully saturated rings. The van der Waals surface area contributed by atoms with Gasteiger partial charge < -0.3 is 5.11 Å². The summed E-state index contributed by atoms with van der Waals surface area (Å²) in [6, 6.07) is 22.9. The first-order valence-corrected chi connectivity index (χ1v) is 19.9. The molecule has 6 aromatic rings. The van der Waals surface area contributed by atoms with Gasteiger partial charge in [0.25, 0.3) is 0 Å². The van der Waals surface area contributed by atoms with Crippen molar-refractivity contribution < 1.29 is 30.0 Å². The summed E-state index contributed by atoms with van der Waals surface area (Å²) in [6.45, 7) is 21.4. The Balaban J connectivity index is 0.000000347. The second-order valence-corrected chi connectivity index (χ2v) is 17.3. The number of fused-ring (bicyclic) bond motifs is 4. The molecule has 0 amide bonds. The quantitative estimate of drug-likeness (QED) is 0.0836. The number of rotatable bonds is 10. The van der Waals surface area contributed by atoms with Crippen molar-refractivity contribution in [3.8, 4) is 22.6 Å². The molecule has 1 radical (unpaired) electrons. The minimum Gasteiger partial charge on any atom is -0.512 e. The first-order chi connectivity index (χ1) is 25.2. The van der Waals surface area contributed by atoms with Crippen molar-refractivity contribution in [3.63, 3.8) is 0 Å². The Morgan fingerprint density at radius 1 is 0.852 bits per heavy atom. The SMILES string of the molecule is CC(C)(C)Cc1ccc2c(c1)sc1c(-c3[c-]c4ccccc4c(-c4nccc(C(C)(C)C)n4)c3)ncnc12.CCC(CC)C(=O)/C=C(\O)C(CC)CC.[Ir]. The number of nitrogens with zero attached hydrogens (tertiary/aromatic N) is 4. The fraction of sp³-hybridized carbons (Fsp3) is 0.413. The number of hydrogen-bond acceptors (Lipinski definition) is 7. The molecule has 8 heteroatoms. The number of ketones is 1. The number of allylic oxidation sites excluding steroid dienone is 2. The summed E-state index contributed by atoms with van der Waals surface area (Å²) in [4.78, 5) is 30.9. The molecule has 0 atom stereocenters. The maximum atomic E-state index is 11.7. The van der Waals surface area contributed by atoms with Crippen LogP contribution in [0.4, 0.5) is 0 Å². The number of hydrogen-bond donors (Lipinski definition) is 1. The topological polar surface area (TPSA) is 88.9 Å². The van der Waals surface area contributed by atoms with E-state index >= 15 is 0 Å². The van der Waals surface area contributed by atoms with Crippen LogP contribution in [0.1, 0.15) is 106 Å². The predicted octanol–water partition coefficient (Wildman–Crippen LogP) is 12.7. The van der Waals surface area contributed by atoms with Gasteiger partial charge in [0, 0.05) is 75.8 Å². The van der Waals surface area contributed by atoms with Crippen molar-refractivity contribution in [1.82, 2.24) is 19.9 Å². The van der Waals surface area contributed by atoms with E-state index in [1.54, 1.807) is 17.7 Å². The Labute approximate surface area is 339 Å². The van der Waals surface area contributed by atoms with E-state index in [1.807, 2.05) is 46.0 Å². The molecule has 6 rings (SSSR count). The largest absolute Gasteiger partial charge is 0.512 e. The van der Waals surface area contributed by atoms with Crippen molar-refractivity contribution in [2.45, 2.75) is 107 Å². The summed E-state index contributed by atoms with van der Waals surface area (Å²) in [5.74, 6) is 1.27. The van der Waals surface area contributed by atoms with Crippen LogP contribution in [0.25, 0.3) is 53.7 Å². The third-order valence-corrected chi connectivity index (χ3v) is 11.0. The van der Waals surface area contributed by atoms with Crippen LogP contribution in [0, 0.1) is 23.3 Å². The summed E-state index contributed by atoms with van der Waals surface area (Å²) in [5, 5.41) is 13.0. The molecule has 0 saturated heterocycles. The van der Waals surface area contributed by atoms with Crippen LogP contribution >= 0.6 is 11.3 Å². The fourth-order valence-electron chi connectivity index (χ4n) is 6.76. The first-order valence-electron chi connectivity index (χ1n) is 19.1. The van der Waals surface area contributed by atoms with E-state index in [0.717, 1.165) is 81.4 Å². The molecule has 0 aliphatic carbocycles. The Bertz CT molecular complexity index is 2240. The summed E-state index contributed by atoms with van der Waals surface area (Å²) < 4.78 is 2.32. The Kier molecular flexibility index (Phi) is 14.5. The van der Waals surface area contributed by atoms with Gasteiger partial charge in [-0.1, -0.05) is 111 Å². The molecular formula is C46H55IrN4O2S-. The third kappa shape index (κ3) is 10.1. The molecule has 3 aromatic heterocycles. The van der Waals surface area contributed by atoms with Crippen molar-refractivity contribution in [2.24, 2.45) is 17.3 Å². The minimum atomic E-state index is -0.0705. The molecule has 0 spiro atoms. The van der Waals surface area contributed by atoms with Crippen molar-refractivity contribution in [1.29, 1.82) is 0 Å². The van der Waals surface area contributed by atoms with Crippen molar-refractivity contribution >= 4 is 48.2 Å². The van der Waals surface area contributed by atoms with Crippen LogP contribution < -0.4 is 0 Å². The van der Waals surface area contributed by atoms with Gasteiger partial charge in [-0.2, -0.15) is 0 Å². The van der Waals surface area contributed by atoms with Gasteiger partial charge in [0.1, 0.15) is 12.2 Å². The van der Waals surface area contributed by atoms with E-state index in [2.05, 4.69) is 95.1 Å². The molecule has 54 heavy (non-hydrogen) atoms. The van der Waals surface area contributed by atoms with Crippen LogP contribution in [0.3, 0.4) is 0 Å². The number of carbonyl (C=O) groups excluding carboxylic acids is 1. The maximum absolute atomic E-state index is 11.7. The van der Waals surface area contributed by atoms with Crippen LogP contribution in [0.2, 0.25) is 0 Å². The van der Waals surface area contributed by atoms with Gasteiger partial charge in [-0.05, 0) is 60.8 Å². The summed E-state index contributed by atoms with van der Waals surface area (Å²) >= 11 is 1.76. The Morgan fingerprint density at radius 3 is 2.19 bits per heavy atom. The van der Waals surface area contributed by atoms with Gasteiger partial charge in [-0.3, -0.25) is 9.78 Å². The van der Waals surface area contributed by atoms with Gasteiger partial charge >= 0.3 is 0 Å². The molecule has 0 saturated carbocycles. The molecule has 0 aliphatic heterocycles. The molecule has 287 valence electrons. The zero-order chi connectivity index (χ0) is 38.5. The molecule has 1 N–H and O–H groups in total. The zero-order valence-electron chi connectivity index (χ0n) is 33.5. The van der Waals surface area contributed by atoms with Crippen LogP contribution in [0.15, 0.2) is 79.0 Å². The van der Waals surface area contributed by atoms with E-state index < -0.39 is 0 Å². The molecule has 6 nitrogen and oxygen atoms in total. The van der Waals surface area contributed by atoms with Gasteiger partial charge in [-0.25, -0.2) is 15.0 Å². The molecule has 0 bridgehead atoms. The van der Waals surface area contributed by atoms with Crippen LogP contribution in [0.5, 0.6) is 0 Å². The standard InChI is InChI=1S/C33H31N4S.C13H24O2.Ir/c1-32(2,3)18-20-11-12-24-26(15-20)38-30-28(35-19-36-29(24)30)22-16-21-9-7-8-10-23(21)25(17-22)31-34-14-13-27(37-31)33(4,5)6;1-5-10(6-2)12(14)9-13(15)11(7-3)8-4;/h7-15,17,19H,18H2,1-6H3;9-11,14H,5-8H2,1-4H3;/q-1;;/b;12-9-;. The number of carbonyl (C=O) groups is 1. The molecule has 0 aliphatic rings. The minimum absolute atomic E-state index is 0. The Hall–Kier alpha value is -3.84. The van der Waals surface area contributed by atoms with Crippen molar-refractivity contribution in [3.05, 3.63) is 96.3 Å². The van der Waals surface area contributed by atoms with Crippen molar-refractivity contribution in [2.75, 3.05) is 0 Å². The van der Waals surface area contributed by atoms with E-state index in [0.29, 0.717) is 0 Å². The van der Waals surface area contributed by atoms with E-state index in [-0.39, 0.29) is 54.3 Å². The number of aromatic nitrogens is 4. The number of thiophene rings is 1. The third-order valence-electron chi connectivity index (χ3n) is 9.83. The zero-order valence-corrected chi connectivity index (χ0v) is 36.7. The van der Waals surface area contributed by atoms with Crippen LogP contribution in [-0.2, 0) is 36.7 Å². The smallest absolute Gasteiger partial charge is 0.162 e. The van der Waals surface area contributed by atoms with E-state index in [9.17, 15) is 9.90 Å². The monoisotopic (exact) mass is 920 g/mol. The summed E-state index contributed by atoms with van der Waals surface area (Å²) in [5.41, 5.74) is 6.33. The predicted molar refractivity (Wildman–Crippen MR) is 223 cm³/mol. The number of aliphatic hydroxyl groups excluding tert-OH is 1. The van der Waals surface area contributed by atoms with E-state index in [1.165, 1.54) is 21.7 Å². The number of aliphatic hydroxyl groups is 1. The maximum Gasteiger partial charge on any atom is 0.162 e. The van der Waals surface area contributed by atoms with Gasteiger partial charge in [0.05, 0.1) is 11.3 Å². The van der Waals surface area contributed by atoms with Gasteiger partial charge in [0.15, 0.2) is 5.78 Å². The van der Waals surface area contributed by atoms with Gasteiger partial charge in [0.2, 0.25) is 0 Å². The fourth-order valence-corrected chi connectivity index (χ4v) is 7.99. The summed E-state index contributed by atoms with van der Waals surface area (Å²) in [7, 11) is 0. The summed E-state index contributed by atoms with van der Waals surface area (Å²) in [6.07, 6.45) is 9.47. The molecule has 3 heterocycles. The Morgan fingerprint density at radius 2 is 1.54 bits per heavy atom. The second kappa shape index (κ2) is 18.2. The molecule has 3 aromatic carbocycles. The average Bonchev–Trinajstić information content (AvgIpc) is 3.49.